The zero-order valence-electron chi connectivity index (χ0n) is 2.62. The fourth-order valence-corrected chi connectivity index (χ4v) is 0. The van der Waals surface area contributed by atoms with Crippen molar-refractivity contribution < 1.29 is 29.5 Å². The summed E-state index contributed by atoms with van der Waals surface area (Å²) in [4.78, 5) is 0. The van der Waals surface area contributed by atoms with E-state index in [0.29, 0.717) is 0 Å². The molecule has 33 valence electrons. The fourth-order valence-electron chi connectivity index (χ4n) is 0. The molecule has 0 aliphatic heterocycles. The predicted octanol–water partition coefficient (Wildman–Crippen LogP) is -3.00. The van der Waals surface area contributed by atoms with Crippen molar-refractivity contribution in [2.45, 2.75) is 0 Å². The van der Waals surface area contributed by atoms with Gasteiger partial charge in [0.1, 0.15) is 0 Å². The molecule has 6 heavy (non-hydrogen) atoms. The molecule has 0 N–H and O–H groups in total. The van der Waals surface area contributed by atoms with E-state index in [2.05, 4.69) is 0 Å². The van der Waals surface area contributed by atoms with E-state index in [1.165, 1.54) is 0 Å². The van der Waals surface area contributed by atoms with Gasteiger partial charge in [0, 0.05) is 0 Å². The molecule has 4 nitrogen and oxygen atoms in total. The predicted molar refractivity (Wildman–Crippen MR) is 7.13 cm³/mol. The van der Waals surface area contributed by atoms with Gasteiger partial charge in [0.15, 0.2) is 0 Å². The van der Waals surface area contributed by atoms with E-state index in [0.717, 1.165) is 0 Å². The van der Waals surface area contributed by atoms with Crippen LogP contribution in [0.2, 0.25) is 0 Å². The second kappa shape index (κ2) is 2.71. The van der Waals surface area contributed by atoms with Gasteiger partial charge in [-0.1, -0.05) is 0 Å². The number of hydrogen-bond donors (Lipinski definition) is 0. The Bertz CT molecular complexity index is 90.7. The Balaban J connectivity index is 0. The maximum absolute atomic E-state index is 8.59. The quantitative estimate of drug-likeness (QED) is 0.338. The van der Waals surface area contributed by atoms with E-state index in [-0.39, 0.29) is 17.4 Å². The van der Waals surface area contributed by atoms with Crippen molar-refractivity contribution in [1.29, 1.82) is 0 Å². The first kappa shape index (κ1) is 9.77. The summed E-state index contributed by atoms with van der Waals surface area (Å²) in [6.45, 7) is 0. The molecule has 0 aromatic heterocycles. The topological polar surface area (TPSA) is 80.3 Å². The summed E-state index contributed by atoms with van der Waals surface area (Å²) in [5, 5.41) is 0. The molecule has 0 spiro atoms. The second-order valence-electron chi connectivity index (χ2n) is 0.408. The van der Waals surface area contributed by atoms with Crippen LogP contribution in [0.3, 0.4) is 0 Å². The minimum absolute atomic E-state index is 0. The van der Waals surface area contributed by atoms with Gasteiger partial charge in [-0.3, -0.25) is 0 Å². The molecule has 0 bridgehead atoms. The Morgan fingerprint density at radius 2 is 1.17 bits per heavy atom. The van der Waals surface area contributed by atoms with Crippen LogP contribution in [-0.4, -0.2) is 17.4 Å². The average molecular weight is 143 g/mol. The molecule has 0 heterocycles. The van der Waals surface area contributed by atoms with Crippen molar-refractivity contribution >= 4 is 17.4 Å². The molecule has 1 radical (unpaired) electrons. The number of hydrogen-bond acceptors (Lipinski definition) is 4. The number of rotatable bonds is 0. The average Bonchev–Trinajstić information content (AvgIpc) is 0.722. The first-order valence-electron chi connectivity index (χ1n) is 0.667. The molecule has 0 atom stereocenters. The van der Waals surface area contributed by atoms with Crippen molar-refractivity contribution in [3.8, 4) is 0 Å². The molecule has 0 aromatic rings. The van der Waals surface area contributed by atoms with Gasteiger partial charge in [-0.15, -0.1) is 0 Å². The van der Waals surface area contributed by atoms with Crippen LogP contribution >= 0.6 is 0 Å². The monoisotopic (exact) mass is 143 g/mol. The van der Waals surface area contributed by atoms with Crippen LogP contribution in [0.5, 0.6) is 0 Å². The molecule has 0 aliphatic rings. The standard InChI is InChI=1S/Al.Cr.4O/q+2;;;;2*-1. The van der Waals surface area contributed by atoms with Crippen LogP contribution in [0.1, 0.15) is 0 Å². The molecule has 0 amide bonds. The third kappa shape index (κ3) is 172. The molecule has 0 unspecified atom stereocenters. The molecule has 0 rings (SSSR count). The summed E-state index contributed by atoms with van der Waals surface area (Å²) < 4.78 is 34.4. The van der Waals surface area contributed by atoms with Crippen molar-refractivity contribution in [3.63, 3.8) is 0 Å². The summed E-state index contributed by atoms with van der Waals surface area (Å²) >= 11 is -5.75. The van der Waals surface area contributed by atoms with Gasteiger partial charge in [0.2, 0.25) is 0 Å². The third-order valence-electron chi connectivity index (χ3n) is 0. The molecule has 0 aliphatic carbocycles. The van der Waals surface area contributed by atoms with Crippen LogP contribution < -0.4 is 8.32 Å². The van der Waals surface area contributed by atoms with E-state index in [1.54, 1.807) is 0 Å². The molecule has 0 aromatic carbocycles. The van der Waals surface area contributed by atoms with Crippen LogP contribution in [0, 0.1) is 0 Å². The first-order valence-corrected chi connectivity index (χ1v) is 2.75. The van der Waals surface area contributed by atoms with Gasteiger partial charge < -0.3 is 0 Å². The fraction of sp³-hybridized carbons (Fsp3) is 0. The second-order valence-corrected chi connectivity index (χ2v) is 1.68. The minimum atomic E-state index is -5.75. The molecule has 0 fully saturated rings. The SMILES string of the molecule is [Al+2].[O]=[Cr](=[O])([O-])[O-]. The van der Waals surface area contributed by atoms with Gasteiger partial charge in [0.25, 0.3) is 0 Å². The molecule has 0 saturated heterocycles. The Hall–Kier alpha value is 0.585. The summed E-state index contributed by atoms with van der Waals surface area (Å²) in [6, 6.07) is 0. The van der Waals surface area contributed by atoms with Crippen molar-refractivity contribution in [1.82, 2.24) is 0 Å². The summed E-state index contributed by atoms with van der Waals surface area (Å²) in [5.41, 5.74) is 0. The van der Waals surface area contributed by atoms with E-state index in [9.17, 15) is 0 Å². The van der Waals surface area contributed by atoms with Crippen molar-refractivity contribution in [3.05, 3.63) is 0 Å². The molecule has 0 saturated carbocycles. The zero-order valence-corrected chi connectivity index (χ0v) is 5.05. The van der Waals surface area contributed by atoms with Crippen molar-refractivity contribution in [2.24, 2.45) is 0 Å². The van der Waals surface area contributed by atoms with Crippen LogP contribution in [0.4, 0.5) is 0 Å². The molecular formula is AlCrO4. The van der Waals surface area contributed by atoms with Crippen LogP contribution in [0.25, 0.3) is 0 Å². The normalized spacial score (nSPS) is 9.67. The summed E-state index contributed by atoms with van der Waals surface area (Å²) in [5.74, 6) is 0. The molecular weight excluding hydrogens is 143 g/mol. The Morgan fingerprint density at radius 1 is 1.17 bits per heavy atom. The van der Waals surface area contributed by atoms with E-state index in [1.807, 2.05) is 0 Å². The van der Waals surface area contributed by atoms with Gasteiger partial charge >= 0.3 is 46.9 Å². The first-order chi connectivity index (χ1) is 2.00. The van der Waals surface area contributed by atoms with Gasteiger partial charge in [-0.25, -0.2) is 0 Å². The van der Waals surface area contributed by atoms with Crippen molar-refractivity contribution in [2.75, 3.05) is 0 Å². The Labute approximate surface area is 47.3 Å². The van der Waals surface area contributed by atoms with E-state index in [4.69, 9.17) is 15.9 Å². The zero-order chi connectivity index (χ0) is 4.50. The van der Waals surface area contributed by atoms with E-state index < -0.39 is 13.6 Å². The van der Waals surface area contributed by atoms with Crippen LogP contribution in [-0.2, 0) is 21.2 Å². The Morgan fingerprint density at radius 3 is 1.17 bits per heavy atom. The third-order valence-corrected chi connectivity index (χ3v) is 0. The molecule has 6 heteroatoms. The summed E-state index contributed by atoms with van der Waals surface area (Å²) in [7, 11) is 0. The Kier molecular flexibility index (Phi) is 4.41. The van der Waals surface area contributed by atoms with Gasteiger partial charge in [-0.2, -0.15) is 0 Å². The van der Waals surface area contributed by atoms with Gasteiger partial charge in [-0.05, 0) is 0 Å². The maximum atomic E-state index is 8.59. The van der Waals surface area contributed by atoms with E-state index >= 15 is 0 Å². The van der Waals surface area contributed by atoms with Gasteiger partial charge in [0.05, 0.1) is 0 Å². The van der Waals surface area contributed by atoms with Crippen LogP contribution in [0.15, 0.2) is 0 Å². The summed E-state index contributed by atoms with van der Waals surface area (Å²) in [6.07, 6.45) is 0.